The molecule has 0 bridgehead atoms. The molecule has 2 aromatic rings. The first-order valence-corrected chi connectivity index (χ1v) is 8.38. The van der Waals surface area contributed by atoms with Crippen molar-refractivity contribution in [2.45, 2.75) is 33.2 Å². The van der Waals surface area contributed by atoms with Gasteiger partial charge in [0.25, 0.3) is 0 Å². The van der Waals surface area contributed by atoms with Gasteiger partial charge in [-0.2, -0.15) is 5.26 Å². The van der Waals surface area contributed by atoms with Gasteiger partial charge < -0.3 is 14.6 Å². The van der Waals surface area contributed by atoms with Crippen LogP contribution in [0.15, 0.2) is 22.7 Å². The molecular weight excluding hydrogens is 318 g/mol. The number of carbonyl (C=O) groups is 1. The van der Waals surface area contributed by atoms with Gasteiger partial charge in [-0.1, -0.05) is 0 Å². The van der Waals surface area contributed by atoms with Crippen LogP contribution in [0.1, 0.15) is 35.7 Å². The maximum Gasteiger partial charge on any atom is 0.225 e. The van der Waals surface area contributed by atoms with Crippen LogP contribution in [0.3, 0.4) is 0 Å². The van der Waals surface area contributed by atoms with E-state index in [1.807, 2.05) is 24.8 Å². The summed E-state index contributed by atoms with van der Waals surface area (Å²) in [6.45, 7) is 5.36. The first kappa shape index (κ1) is 17.0. The molecule has 0 radical (unpaired) electrons. The molecule has 1 aliphatic heterocycles. The number of hydrogen-bond acceptors (Lipinski definition) is 6. The molecule has 1 amide bonds. The Morgan fingerprint density at radius 3 is 3.04 bits per heavy atom. The lowest BCUT2D eigenvalue weighted by atomic mass is 9.96. The summed E-state index contributed by atoms with van der Waals surface area (Å²) in [7, 11) is 0. The topological polar surface area (TPSA) is 95.1 Å². The largest absolute Gasteiger partial charge is 0.444 e. The third kappa shape index (κ3) is 3.97. The van der Waals surface area contributed by atoms with Crippen molar-refractivity contribution in [1.82, 2.24) is 15.3 Å². The molecule has 1 N–H and O–H groups in total. The second-order valence-electron chi connectivity index (χ2n) is 6.30. The number of carbonyl (C=O) groups excluding carboxylic acids is 1. The standard InChI is InChI=1S/C18H21N5O2/c1-12-5-6-14(8-19)17(22-12)23-7-3-4-15(11-23)18(24)21-10-16-20-9-13(2)25-16/h5-6,9,15H,3-4,7,10-11H2,1-2H3,(H,21,24)/t15-/m1/s1. The number of nitrogens with one attached hydrogen (secondary N) is 1. The zero-order chi connectivity index (χ0) is 17.8. The van der Waals surface area contributed by atoms with Crippen LogP contribution < -0.4 is 10.2 Å². The van der Waals surface area contributed by atoms with Gasteiger partial charge in [0.05, 0.1) is 24.2 Å². The van der Waals surface area contributed by atoms with Crippen molar-refractivity contribution in [2.75, 3.05) is 18.0 Å². The molecule has 0 saturated carbocycles. The molecule has 2 aromatic heterocycles. The molecule has 0 unspecified atom stereocenters. The molecule has 0 aliphatic carbocycles. The first-order chi connectivity index (χ1) is 12.1. The fourth-order valence-corrected chi connectivity index (χ4v) is 3.05. The zero-order valence-corrected chi connectivity index (χ0v) is 14.5. The monoisotopic (exact) mass is 339 g/mol. The quantitative estimate of drug-likeness (QED) is 0.916. The Bertz CT molecular complexity index is 808. The number of pyridine rings is 1. The van der Waals surface area contributed by atoms with E-state index >= 15 is 0 Å². The summed E-state index contributed by atoms with van der Waals surface area (Å²) < 4.78 is 5.37. The van der Waals surface area contributed by atoms with E-state index in [9.17, 15) is 10.1 Å². The van der Waals surface area contributed by atoms with Crippen LogP contribution in [0.4, 0.5) is 5.82 Å². The van der Waals surface area contributed by atoms with Crippen molar-refractivity contribution in [3.8, 4) is 6.07 Å². The van der Waals surface area contributed by atoms with Gasteiger partial charge in [0, 0.05) is 18.8 Å². The third-order valence-corrected chi connectivity index (χ3v) is 4.31. The molecule has 0 aromatic carbocycles. The molecule has 1 saturated heterocycles. The smallest absolute Gasteiger partial charge is 0.225 e. The second-order valence-corrected chi connectivity index (χ2v) is 6.30. The van der Waals surface area contributed by atoms with E-state index in [-0.39, 0.29) is 18.4 Å². The number of aryl methyl sites for hydroxylation is 2. The van der Waals surface area contributed by atoms with Crippen molar-refractivity contribution in [1.29, 1.82) is 5.26 Å². The van der Waals surface area contributed by atoms with Crippen LogP contribution >= 0.6 is 0 Å². The van der Waals surface area contributed by atoms with Crippen molar-refractivity contribution in [3.05, 3.63) is 41.2 Å². The summed E-state index contributed by atoms with van der Waals surface area (Å²) in [6.07, 6.45) is 3.34. The Kier molecular flexibility index (Phi) is 4.98. The average molecular weight is 339 g/mol. The second kappa shape index (κ2) is 7.34. The SMILES string of the molecule is Cc1ccc(C#N)c(N2CCC[C@@H](C(=O)NCc3ncc(C)o3)C2)n1. The van der Waals surface area contributed by atoms with Gasteiger partial charge in [0.1, 0.15) is 17.6 Å². The number of oxazole rings is 1. The number of nitrogens with zero attached hydrogens (tertiary/aromatic N) is 4. The Labute approximate surface area is 146 Å². The molecular formula is C18H21N5O2. The summed E-state index contributed by atoms with van der Waals surface area (Å²) in [5.41, 5.74) is 1.40. The number of amides is 1. The van der Waals surface area contributed by atoms with Crippen LogP contribution in [0, 0.1) is 31.1 Å². The number of hydrogen-bond donors (Lipinski definition) is 1. The molecule has 1 atom stereocenters. The van der Waals surface area contributed by atoms with Crippen molar-refractivity contribution in [2.24, 2.45) is 5.92 Å². The van der Waals surface area contributed by atoms with Crippen LogP contribution in [0.2, 0.25) is 0 Å². The molecule has 3 heterocycles. The number of piperidine rings is 1. The van der Waals surface area contributed by atoms with E-state index < -0.39 is 0 Å². The molecule has 25 heavy (non-hydrogen) atoms. The van der Waals surface area contributed by atoms with E-state index in [0.717, 1.165) is 30.8 Å². The molecule has 7 heteroatoms. The normalized spacial score (nSPS) is 17.2. The average Bonchev–Trinajstić information content (AvgIpc) is 3.05. The van der Waals surface area contributed by atoms with Crippen LogP contribution in [0.5, 0.6) is 0 Å². The Hall–Kier alpha value is -2.88. The molecule has 1 fully saturated rings. The lowest BCUT2D eigenvalue weighted by Crippen LogP contribution is -2.43. The minimum absolute atomic E-state index is 0.0216. The lowest BCUT2D eigenvalue weighted by Gasteiger charge is -2.33. The number of rotatable bonds is 4. The highest BCUT2D eigenvalue weighted by Gasteiger charge is 2.27. The summed E-state index contributed by atoms with van der Waals surface area (Å²) in [5.74, 6) is 1.74. The summed E-state index contributed by atoms with van der Waals surface area (Å²) >= 11 is 0. The van der Waals surface area contributed by atoms with E-state index in [1.54, 1.807) is 12.3 Å². The highest BCUT2D eigenvalue weighted by molar-refractivity contribution is 5.79. The predicted molar refractivity (Wildman–Crippen MR) is 91.7 cm³/mol. The highest BCUT2D eigenvalue weighted by Crippen LogP contribution is 2.25. The fourth-order valence-electron chi connectivity index (χ4n) is 3.05. The van der Waals surface area contributed by atoms with Crippen molar-refractivity contribution < 1.29 is 9.21 Å². The number of nitriles is 1. The van der Waals surface area contributed by atoms with E-state index in [1.165, 1.54) is 0 Å². The minimum atomic E-state index is -0.140. The van der Waals surface area contributed by atoms with Crippen molar-refractivity contribution in [3.63, 3.8) is 0 Å². The molecule has 7 nitrogen and oxygen atoms in total. The summed E-state index contributed by atoms with van der Waals surface area (Å²) in [6, 6.07) is 5.80. The minimum Gasteiger partial charge on any atom is -0.444 e. The van der Waals surface area contributed by atoms with Gasteiger partial charge in [0.15, 0.2) is 0 Å². The summed E-state index contributed by atoms with van der Waals surface area (Å²) in [5, 5.41) is 12.2. The van der Waals surface area contributed by atoms with Gasteiger partial charge in [-0.3, -0.25) is 4.79 Å². The van der Waals surface area contributed by atoms with E-state index in [2.05, 4.69) is 21.4 Å². The van der Waals surface area contributed by atoms with Gasteiger partial charge in [0.2, 0.25) is 11.8 Å². The third-order valence-electron chi connectivity index (χ3n) is 4.31. The van der Waals surface area contributed by atoms with E-state index in [0.29, 0.717) is 23.8 Å². The zero-order valence-electron chi connectivity index (χ0n) is 14.5. The Balaban J connectivity index is 1.65. The van der Waals surface area contributed by atoms with Gasteiger partial charge in [-0.15, -0.1) is 0 Å². The Morgan fingerprint density at radius 1 is 1.48 bits per heavy atom. The van der Waals surface area contributed by atoms with E-state index in [4.69, 9.17) is 4.42 Å². The maximum atomic E-state index is 12.5. The van der Waals surface area contributed by atoms with Crippen LogP contribution in [0.25, 0.3) is 0 Å². The number of aromatic nitrogens is 2. The van der Waals surface area contributed by atoms with Gasteiger partial charge in [-0.25, -0.2) is 9.97 Å². The first-order valence-electron chi connectivity index (χ1n) is 8.38. The van der Waals surface area contributed by atoms with Gasteiger partial charge >= 0.3 is 0 Å². The van der Waals surface area contributed by atoms with Crippen LogP contribution in [-0.2, 0) is 11.3 Å². The Morgan fingerprint density at radius 2 is 2.32 bits per heavy atom. The lowest BCUT2D eigenvalue weighted by molar-refractivity contribution is -0.125. The molecule has 3 rings (SSSR count). The molecule has 130 valence electrons. The summed E-state index contributed by atoms with van der Waals surface area (Å²) in [4.78, 5) is 23.1. The maximum absolute atomic E-state index is 12.5. The highest BCUT2D eigenvalue weighted by atomic mass is 16.4. The molecule has 1 aliphatic rings. The molecule has 0 spiro atoms. The van der Waals surface area contributed by atoms with Gasteiger partial charge in [-0.05, 0) is 38.8 Å². The fraction of sp³-hybridized carbons (Fsp3) is 0.444. The number of anilines is 1. The van der Waals surface area contributed by atoms with Crippen LogP contribution in [-0.4, -0.2) is 29.0 Å². The predicted octanol–water partition coefficient (Wildman–Crippen LogP) is 2.09. The van der Waals surface area contributed by atoms with Crippen molar-refractivity contribution >= 4 is 11.7 Å².